The molecule has 1 aromatic carbocycles. The Morgan fingerprint density at radius 3 is 2.48 bits per heavy atom. The van der Waals surface area contributed by atoms with E-state index in [4.69, 9.17) is 9.47 Å². The molecule has 0 bridgehead atoms. The van der Waals surface area contributed by atoms with Gasteiger partial charge in [0.25, 0.3) is 0 Å². The number of carbonyl (C=O) groups is 1. The van der Waals surface area contributed by atoms with Gasteiger partial charge < -0.3 is 14.8 Å². The Morgan fingerprint density at radius 1 is 1.17 bits per heavy atom. The van der Waals surface area contributed by atoms with Crippen LogP contribution in [0.3, 0.4) is 0 Å². The first-order chi connectivity index (χ1) is 11.1. The summed E-state index contributed by atoms with van der Waals surface area (Å²) in [4.78, 5) is 15.8. The van der Waals surface area contributed by atoms with E-state index in [0.717, 1.165) is 16.9 Å². The predicted molar refractivity (Wildman–Crippen MR) is 88.2 cm³/mol. The SMILES string of the molecule is COC(=O)CC(NC(C)c1ccc(OC)cc1)c1cccnc1. The maximum absolute atomic E-state index is 11.7. The Kier molecular flexibility index (Phi) is 6.11. The van der Waals surface area contributed by atoms with Crippen LogP contribution in [0.2, 0.25) is 0 Å². The van der Waals surface area contributed by atoms with E-state index < -0.39 is 0 Å². The smallest absolute Gasteiger partial charge is 0.307 e. The minimum absolute atomic E-state index is 0.0655. The zero-order valence-corrected chi connectivity index (χ0v) is 13.7. The minimum Gasteiger partial charge on any atom is -0.497 e. The van der Waals surface area contributed by atoms with Crippen molar-refractivity contribution < 1.29 is 14.3 Å². The summed E-state index contributed by atoms with van der Waals surface area (Å²) >= 11 is 0. The molecule has 0 aliphatic rings. The average molecular weight is 314 g/mol. The van der Waals surface area contributed by atoms with E-state index in [1.807, 2.05) is 36.4 Å². The molecule has 0 spiro atoms. The molecule has 2 rings (SSSR count). The summed E-state index contributed by atoms with van der Waals surface area (Å²) in [6, 6.07) is 11.6. The molecule has 2 aromatic rings. The zero-order chi connectivity index (χ0) is 16.7. The number of benzene rings is 1. The van der Waals surface area contributed by atoms with Gasteiger partial charge in [0.2, 0.25) is 0 Å². The highest BCUT2D eigenvalue weighted by molar-refractivity contribution is 5.70. The first kappa shape index (κ1) is 17.0. The Labute approximate surface area is 136 Å². The van der Waals surface area contributed by atoms with Crippen LogP contribution in [0.5, 0.6) is 5.75 Å². The Hall–Kier alpha value is -2.40. The van der Waals surface area contributed by atoms with E-state index in [9.17, 15) is 4.79 Å². The summed E-state index contributed by atoms with van der Waals surface area (Å²) in [5.74, 6) is 0.563. The summed E-state index contributed by atoms with van der Waals surface area (Å²) in [5, 5.41) is 3.47. The van der Waals surface area contributed by atoms with Crippen LogP contribution in [-0.2, 0) is 9.53 Å². The van der Waals surface area contributed by atoms with E-state index in [0.29, 0.717) is 0 Å². The van der Waals surface area contributed by atoms with Crippen LogP contribution in [0.15, 0.2) is 48.8 Å². The third-order valence-corrected chi connectivity index (χ3v) is 3.75. The molecule has 1 N–H and O–H groups in total. The fourth-order valence-corrected chi connectivity index (χ4v) is 2.40. The highest BCUT2D eigenvalue weighted by Gasteiger charge is 2.19. The second-order valence-electron chi connectivity index (χ2n) is 5.28. The van der Waals surface area contributed by atoms with E-state index >= 15 is 0 Å². The number of ether oxygens (including phenoxy) is 2. The molecule has 5 nitrogen and oxygen atoms in total. The maximum Gasteiger partial charge on any atom is 0.307 e. The lowest BCUT2D eigenvalue weighted by Gasteiger charge is -2.23. The molecule has 23 heavy (non-hydrogen) atoms. The molecular weight excluding hydrogens is 292 g/mol. The molecule has 1 aromatic heterocycles. The summed E-state index contributed by atoms with van der Waals surface area (Å²) in [6.07, 6.45) is 3.73. The van der Waals surface area contributed by atoms with Gasteiger partial charge in [-0.3, -0.25) is 9.78 Å². The lowest BCUT2D eigenvalue weighted by atomic mass is 10.0. The van der Waals surface area contributed by atoms with Crippen molar-refractivity contribution >= 4 is 5.97 Å². The van der Waals surface area contributed by atoms with E-state index in [-0.39, 0.29) is 24.5 Å². The van der Waals surface area contributed by atoms with Crippen molar-refractivity contribution in [3.8, 4) is 5.75 Å². The van der Waals surface area contributed by atoms with Crippen LogP contribution in [0.1, 0.15) is 36.6 Å². The lowest BCUT2D eigenvalue weighted by Crippen LogP contribution is -2.27. The first-order valence-electron chi connectivity index (χ1n) is 7.50. The van der Waals surface area contributed by atoms with E-state index in [1.54, 1.807) is 19.5 Å². The fourth-order valence-electron chi connectivity index (χ4n) is 2.40. The number of esters is 1. The number of methoxy groups -OCH3 is 2. The minimum atomic E-state index is -0.256. The molecule has 0 amide bonds. The standard InChI is InChI=1S/C18H22N2O3/c1-13(14-6-8-16(22-2)9-7-14)20-17(11-18(21)23-3)15-5-4-10-19-12-15/h4-10,12-13,17,20H,11H2,1-3H3. The number of rotatable bonds is 7. The molecule has 5 heteroatoms. The lowest BCUT2D eigenvalue weighted by molar-refractivity contribution is -0.141. The predicted octanol–water partition coefficient (Wildman–Crippen LogP) is 3.05. The molecule has 0 aliphatic heterocycles. The van der Waals surface area contributed by atoms with Crippen LogP contribution in [-0.4, -0.2) is 25.2 Å². The summed E-state index contributed by atoms with van der Waals surface area (Å²) in [7, 11) is 3.04. The van der Waals surface area contributed by atoms with Gasteiger partial charge in [0, 0.05) is 24.5 Å². The molecule has 0 saturated carbocycles. The highest BCUT2D eigenvalue weighted by atomic mass is 16.5. The van der Waals surface area contributed by atoms with Crippen molar-refractivity contribution in [3.05, 3.63) is 59.9 Å². The molecular formula is C18H22N2O3. The molecule has 122 valence electrons. The first-order valence-corrected chi connectivity index (χ1v) is 7.50. The number of pyridine rings is 1. The Bertz CT molecular complexity index is 614. The Balaban J connectivity index is 2.13. The normalized spacial score (nSPS) is 13.2. The van der Waals surface area contributed by atoms with Crippen molar-refractivity contribution in [2.24, 2.45) is 0 Å². The van der Waals surface area contributed by atoms with Gasteiger partial charge in [0.1, 0.15) is 5.75 Å². The number of nitrogens with one attached hydrogen (secondary N) is 1. The second-order valence-corrected chi connectivity index (χ2v) is 5.28. The number of nitrogens with zero attached hydrogens (tertiary/aromatic N) is 1. The van der Waals surface area contributed by atoms with Crippen LogP contribution in [0.25, 0.3) is 0 Å². The van der Waals surface area contributed by atoms with Crippen molar-refractivity contribution in [1.29, 1.82) is 0 Å². The van der Waals surface area contributed by atoms with Gasteiger partial charge in [-0.2, -0.15) is 0 Å². The summed E-state index contributed by atoms with van der Waals surface area (Å²) in [6.45, 7) is 2.06. The third-order valence-electron chi connectivity index (χ3n) is 3.75. The number of hydrogen-bond donors (Lipinski definition) is 1. The molecule has 2 unspecified atom stereocenters. The van der Waals surface area contributed by atoms with Gasteiger partial charge in [-0.05, 0) is 36.2 Å². The van der Waals surface area contributed by atoms with Crippen molar-refractivity contribution in [3.63, 3.8) is 0 Å². The summed E-state index contributed by atoms with van der Waals surface area (Å²) < 4.78 is 9.98. The largest absolute Gasteiger partial charge is 0.497 e. The fraction of sp³-hybridized carbons (Fsp3) is 0.333. The topological polar surface area (TPSA) is 60.5 Å². The van der Waals surface area contributed by atoms with Gasteiger partial charge in [-0.25, -0.2) is 0 Å². The quantitative estimate of drug-likeness (QED) is 0.796. The average Bonchev–Trinajstić information content (AvgIpc) is 2.61. The van der Waals surface area contributed by atoms with Gasteiger partial charge in [0.05, 0.1) is 20.6 Å². The Morgan fingerprint density at radius 2 is 1.91 bits per heavy atom. The van der Waals surface area contributed by atoms with Gasteiger partial charge in [0.15, 0.2) is 0 Å². The van der Waals surface area contributed by atoms with Crippen LogP contribution in [0, 0.1) is 0 Å². The van der Waals surface area contributed by atoms with Crippen LogP contribution >= 0.6 is 0 Å². The van der Waals surface area contributed by atoms with E-state index in [2.05, 4.69) is 17.2 Å². The third kappa shape index (κ3) is 4.79. The molecule has 1 heterocycles. The molecule has 0 saturated heterocycles. The molecule has 0 fully saturated rings. The molecule has 0 aliphatic carbocycles. The number of hydrogen-bond acceptors (Lipinski definition) is 5. The van der Waals surface area contributed by atoms with Crippen molar-refractivity contribution in [2.45, 2.75) is 25.4 Å². The molecule has 0 radical (unpaired) electrons. The van der Waals surface area contributed by atoms with Gasteiger partial charge in [-0.15, -0.1) is 0 Å². The van der Waals surface area contributed by atoms with E-state index in [1.165, 1.54) is 7.11 Å². The number of carbonyl (C=O) groups excluding carboxylic acids is 1. The van der Waals surface area contributed by atoms with Crippen LogP contribution < -0.4 is 10.1 Å². The van der Waals surface area contributed by atoms with Gasteiger partial charge in [-0.1, -0.05) is 18.2 Å². The molecule has 2 atom stereocenters. The second kappa shape index (κ2) is 8.29. The highest BCUT2D eigenvalue weighted by Crippen LogP contribution is 2.23. The summed E-state index contributed by atoms with van der Waals surface area (Å²) in [5.41, 5.74) is 2.07. The maximum atomic E-state index is 11.7. The van der Waals surface area contributed by atoms with Crippen LogP contribution in [0.4, 0.5) is 0 Å². The monoisotopic (exact) mass is 314 g/mol. The van der Waals surface area contributed by atoms with Crippen molar-refractivity contribution in [1.82, 2.24) is 10.3 Å². The van der Waals surface area contributed by atoms with Crippen molar-refractivity contribution in [2.75, 3.05) is 14.2 Å². The number of aromatic nitrogens is 1. The zero-order valence-electron chi connectivity index (χ0n) is 13.7. The van der Waals surface area contributed by atoms with Gasteiger partial charge >= 0.3 is 5.97 Å².